The van der Waals surface area contributed by atoms with Gasteiger partial charge in [0.05, 0.1) is 13.7 Å². The molecule has 0 aliphatic heterocycles. The second-order valence-corrected chi connectivity index (χ2v) is 6.59. The molecule has 0 radical (unpaired) electrons. The van der Waals surface area contributed by atoms with E-state index in [9.17, 15) is 0 Å². The summed E-state index contributed by atoms with van der Waals surface area (Å²) in [5.74, 6) is 2.55. The molecule has 3 nitrogen and oxygen atoms in total. The SMILES string of the molecule is COCCNCC1(c2ccc(OC)cc2)CC(C(C)C)C1. The van der Waals surface area contributed by atoms with Gasteiger partial charge in [-0.2, -0.15) is 0 Å². The van der Waals surface area contributed by atoms with Crippen LogP contribution < -0.4 is 10.1 Å². The van der Waals surface area contributed by atoms with Crippen molar-refractivity contribution in [3.05, 3.63) is 29.8 Å². The summed E-state index contributed by atoms with van der Waals surface area (Å²) in [6.07, 6.45) is 2.55. The summed E-state index contributed by atoms with van der Waals surface area (Å²) in [6, 6.07) is 8.62. The number of hydrogen-bond donors (Lipinski definition) is 1. The van der Waals surface area contributed by atoms with Gasteiger partial charge in [-0.05, 0) is 42.4 Å². The molecule has 0 saturated heterocycles. The van der Waals surface area contributed by atoms with Gasteiger partial charge in [-0.15, -0.1) is 0 Å². The lowest BCUT2D eigenvalue weighted by Gasteiger charge is -2.50. The first kappa shape index (κ1) is 16.3. The van der Waals surface area contributed by atoms with E-state index in [1.165, 1.54) is 18.4 Å². The second kappa shape index (κ2) is 7.28. The van der Waals surface area contributed by atoms with Gasteiger partial charge >= 0.3 is 0 Å². The van der Waals surface area contributed by atoms with Crippen molar-refractivity contribution in [2.45, 2.75) is 32.1 Å². The van der Waals surface area contributed by atoms with Crippen molar-refractivity contribution in [3.63, 3.8) is 0 Å². The van der Waals surface area contributed by atoms with Gasteiger partial charge in [0.2, 0.25) is 0 Å². The average Bonchev–Trinajstić information content (AvgIpc) is 2.45. The summed E-state index contributed by atoms with van der Waals surface area (Å²) in [4.78, 5) is 0. The molecular formula is C18H29NO2. The van der Waals surface area contributed by atoms with Crippen molar-refractivity contribution in [3.8, 4) is 5.75 Å². The van der Waals surface area contributed by atoms with Crippen LogP contribution in [0, 0.1) is 11.8 Å². The van der Waals surface area contributed by atoms with Crippen LogP contribution in [0.4, 0.5) is 0 Å². The Balaban J connectivity index is 2.05. The van der Waals surface area contributed by atoms with E-state index < -0.39 is 0 Å². The summed E-state index contributed by atoms with van der Waals surface area (Å²) >= 11 is 0. The zero-order valence-corrected chi connectivity index (χ0v) is 13.8. The monoisotopic (exact) mass is 291 g/mol. The van der Waals surface area contributed by atoms with E-state index in [-0.39, 0.29) is 5.41 Å². The minimum Gasteiger partial charge on any atom is -0.497 e. The van der Waals surface area contributed by atoms with E-state index in [0.717, 1.165) is 37.3 Å². The first-order chi connectivity index (χ1) is 10.1. The fourth-order valence-corrected chi connectivity index (χ4v) is 3.34. The number of hydrogen-bond acceptors (Lipinski definition) is 3. The summed E-state index contributed by atoms with van der Waals surface area (Å²) in [5, 5.41) is 3.56. The molecule has 1 aliphatic rings. The number of benzene rings is 1. The van der Waals surface area contributed by atoms with Gasteiger partial charge in [0.1, 0.15) is 5.75 Å². The zero-order valence-electron chi connectivity index (χ0n) is 13.8. The van der Waals surface area contributed by atoms with Crippen LogP contribution in [-0.2, 0) is 10.2 Å². The van der Waals surface area contributed by atoms with Gasteiger partial charge in [0.25, 0.3) is 0 Å². The summed E-state index contributed by atoms with van der Waals surface area (Å²) in [6.45, 7) is 7.39. The van der Waals surface area contributed by atoms with E-state index in [0.29, 0.717) is 0 Å². The molecule has 0 heterocycles. The third kappa shape index (κ3) is 3.78. The van der Waals surface area contributed by atoms with Crippen LogP contribution in [-0.4, -0.2) is 33.9 Å². The van der Waals surface area contributed by atoms with Crippen LogP contribution in [0.1, 0.15) is 32.3 Å². The molecule has 0 unspecified atom stereocenters. The fourth-order valence-electron chi connectivity index (χ4n) is 3.34. The molecule has 21 heavy (non-hydrogen) atoms. The highest BCUT2D eigenvalue weighted by molar-refractivity contribution is 5.35. The van der Waals surface area contributed by atoms with Crippen LogP contribution in [0.3, 0.4) is 0 Å². The first-order valence-corrected chi connectivity index (χ1v) is 7.95. The molecule has 0 bridgehead atoms. The third-order valence-corrected chi connectivity index (χ3v) is 4.90. The van der Waals surface area contributed by atoms with E-state index in [2.05, 4.69) is 43.4 Å². The molecule has 0 aromatic heterocycles. The maximum atomic E-state index is 5.27. The second-order valence-electron chi connectivity index (χ2n) is 6.59. The fraction of sp³-hybridized carbons (Fsp3) is 0.667. The molecule has 0 atom stereocenters. The Kier molecular flexibility index (Phi) is 5.65. The highest BCUT2D eigenvalue weighted by atomic mass is 16.5. The van der Waals surface area contributed by atoms with Crippen LogP contribution in [0.25, 0.3) is 0 Å². The molecule has 1 aromatic carbocycles. The van der Waals surface area contributed by atoms with Crippen molar-refractivity contribution >= 4 is 0 Å². The van der Waals surface area contributed by atoms with E-state index in [1.807, 2.05) is 0 Å². The smallest absolute Gasteiger partial charge is 0.118 e. The summed E-state index contributed by atoms with van der Waals surface area (Å²) < 4.78 is 10.4. The Labute approximate surface area is 129 Å². The Bertz CT molecular complexity index is 421. The minimum absolute atomic E-state index is 0.287. The Morgan fingerprint density at radius 3 is 2.38 bits per heavy atom. The van der Waals surface area contributed by atoms with Gasteiger partial charge in [0.15, 0.2) is 0 Å². The molecule has 1 saturated carbocycles. The average molecular weight is 291 g/mol. The van der Waals surface area contributed by atoms with Gasteiger partial charge < -0.3 is 14.8 Å². The Morgan fingerprint density at radius 1 is 1.19 bits per heavy atom. The molecule has 1 N–H and O–H groups in total. The van der Waals surface area contributed by atoms with Crippen molar-refractivity contribution < 1.29 is 9.47 Å². The van der Waals surface area contributed by atoms with Crippen molar-refractivity contribution in [1.82, 2.24) is 5.32 Å². The summed E-state index contributed by atoms with van der Waals surface area (Å²) in [7, 11) is 3.47. The molecule has 2 rings (SSSR count). The number of nitrogens with one attached hydrogen (secondary N) is 1. The van der Waals surface area contributed by atoms with Crippen molar-refractivity contribution in [2.75, 3.05) is 33.9 Å². The number of ether oxygens (including phenoxy) is 2. The number of methoxy groups -OCH3 is 2. The molecule has 118 valence electrons. The lowest BCUT2D eigenvalue weighted by molar-refractivity contribution is 0.0948. The quantitative estimate of drug-likeness (QED) is 0.746. The maximum Gasteiger partial charge on any atom is 0.118 e. The molecule has 0 amide bonds. The Hall–Kier alpha value is -1.06. The van der Waals surface area contributed by atoms with Crippen LogP contribution in [0.2, 0.25) is 0 Å². The van der Waals surface area contributed by atoms with Crippen LogP contribution in [0.5, 0.6) is 5.75 Å². The van der Waals surface area contributed by atoms with E-state index >= 15 is 0 Å². The third-order valence-electron chi connectivity index (χ3n) is 4.90. The van der Waals surface area contributed by atoms with Crippen LogP contribution in [0.15, 0.2) is 24.3 Å². The zero-order chi connectivity index (χ0) is 15.3. The van der Waals surface area contributed by atoms with Gasteiger partial charge in [-0.3, -0.25) is 0 Å². The van der Waals surface area contributed by atoms with Gasteiger partial charge in [-0.1, -0.05) is 26.0 Å². The number of rotatable bonds is 8. The van der Waals surface area contributed by atoms with Crippen molar-refractivity contribution in [1.29, 1.82) is 0 Å². The van der Waals surface area contributed by atoms with Crippen molar-refractivity contribution in [2.24, 2.45) is 11.8 Å². The largest absolute Gasteiger partial charge is 0.497 e. The van der Waals surface area contributed by atoms with Crippen LogP contribution >= 0.6 is 0 Å². The molecule has 3 heteroatoms. The lowest BCUT2D eigenvalue weighted by atomic mass is 9.56. The highest BCUT2D eigenvalue weighted by Gasteiger charge is 2.45. The minimum atomic E-state index is 0.287. The maximum absolute atomic E-state index is 5.27. The predicted octanol–water partition coefficient (Wildman–Crippen LogP) is 3.24. The predicted molar refractivity (Wildman–Crippen MR) is 87.0 cm³/mol. The lowest BCUT2D eigenvalue weighted by Crippen LogP contribution is -2.50. The molecule has 1 aromatic rings. The molecule has 1 aliphatic carbocycles. The van der Waals surface area contributed by atoms with Gasteiger partial charge in [0, 0.05) is 25.6 Å². The first-order valence-electron chi connectivity index (χ1n) is 7.95. The standard InChI is InChI=1S/C18H29NO2/c1-14(2)15-11-18(12-15,13-19-9-10-20-3)16-5-7-17(21-4)8-6-16/h5-8,14-15,19H,9-13H2,1-4H3. The topological polar surface area (TPSA) is 30.5 Å². The van der Waals surface area contributed by atoms with E-state index in [1.54, 1.807) is 14.2 Å². The molecule has 1 fully saturated rings. The highest BCUT2D eigenvalue weighted by Crippen LogP contribution is 2.50. The Morgan fingerprint density at radius 2 is 1.86 bits per heavy atom. The van der Waals surface area contributed by atoms with E-state index in [4.69, 9.17) is 9.47 Å². The molecular weight excluding hydrogens is 262 g/mol. The normalized spacial score (nSPS) is 24.9. The van der Waals surface area contributed by atoms with Gasteiger partial charge in [-0.25, -0.2) is 0 Å². The summed E-state index contributed by atoms with van der Waals surface area (Å²) in [5.41, 5.74) is 1.72. The molecule has 0 spiro atoms.